The lowest BCUT2D eigenvalue weighted by atomic mass is 10.3. The predicted octanol–water partition coefficient (Wildman–Crippen LogP) is 0.0217. The summed E-state index contributed by atoms with van der Waals surface area (Å²) >= 11 is 0. The van der Waals surface area contributed by atoms with Gasteiger partial charge in [0.05, 0.1) is 9.71 Å². The number of methoxy groups -OCH3 is 1. The van der Waals surface area contributed by atoms with Gasteiger partial charge in [0.15, 0.2) is 0 Å². The van der Waals surface area contributed by atoms with E-state index < -0.39 is 15.6 Å². The number of carbonyl (C=O) groups excluding carboxylic acids is 1. The smallest absolute Gasteiger partial charge is 0.257 e. The molecular weight excluding hydrogens is 228 g/mol. The molecule has 0 aliphatic rings. The lowest BCUT2D eigenvalue weighted by molar-refractivity contribution is -0.122. The maximum absolute atomic E-state index is 12.0. The largest absolute Gasteiger partial charge is 0.399 e. The van der Waals surface area contributed by atoms with Crippen molar-refractivity contribution in [2.24, 2.45) is 0 Å². The number of carbonyl (C=O) groups is 1. The van der Waals surface area contributed by atoms with E-state index in [0.717, 1.165) is 0 Å². The molecule has 88 valence electrons. The normalized spacial score (nSPS) is 14.1. The number of benzene rings is 1. The van der Waals surface area contributed by atoms with Crippen molar-refractivity contribution in [2.75, 3.05) is 19.5 Å². The molecule has 1 amide bonds. The van der Waals surface area contributed by atoms with Crippen LogP contribution < -0.4 is 10.5 Å². The van der Waals surface area contributed by atoms with Crippen molar-refractivity contribution in [3.63, 3.8) is 0 Å². The van der Waals surface area contributed by atoms with Crippen LogP contribution in [0.1, 0.15) is 0 Å². The monoisotopic (exact) mass is 242 g/mol. The number of hydrogen-bond acceptors (Lipinski definition) is 4. The van der Waals surface area contributed by atoms with Crippen molar-refractivity contribution < 1.29 is 13.7 Å². The van der Waals surface area contributed by atoms with E-state index in [4.69, 9.17) is 5.73 Å². The highest BCUT2D eigenvalue weighted by Gasteiger charge is 2.10. The van der Waals surface area contributed by atoms with Gasteiger partial charge in [-0.3, -0.25) is 9.52 Å². The molecule has 3 N–H and O–H groups in total. The number of nitrogens with one attached hydrogen (secondary N) is 1. The van der Waals surface area contributed by atoms with Crippen LogP contribution >= 0.6 is 0 Å². The highest BCUT2D eigenvalue weighted by atomic mass is 32.2. The van der Waals surface area contributed by atoms with Crippen LogP contribution in [0.3, 0.4) is 0 Å². The minimum absolute atomic E-state index is 0.151. The number of hydrogen-bond donors (Lipinski definition) is 2. The summed E-state index contributed by atoms with van der Waals surface area (Å²) in [6.07, 6.45) is 0. The Morgan fingerprint density at radius 3 is 2.56 bits per heavy atom. The van der Waals surface area contributed by atoms with Crippen LogP contribution in [0.5, 0.6) is 0 Å². The predicted molar refractivity (Wildman–Crippen MR) is 64.4 cm³/mol. The molecule has 16 heavy (non-hydrogen) atoms. The Kier molecular flexibility index (Phi) is 3.92. The highest BCUT2D eigenvalue weighted by Crippen LogP contribution is 2.11. The first kappa shape index (κ1) is 12.5. The average molecular weight is 242 g/mol. The summed E-state index contributed by atoms with van der Waals surface area (Å²) in [7, 11) is -1.45. The van der Waals surface area contributed by atoms with Crippen LogP contribution in [0, 0.1) is 0 Å². The Labute approximate surface area is 94.7 Å². The van der Waals surface area contributed by atoms with Gasteiger partial charge in [-0.1, -0.05) is 0 Å². The fourth-order valence-corrected chi connectivity index (χ4v) is 2.21. The Hall–Kier alpha value is -1.53. The van der Waals surface area contributed by atoms with Crippen molar-refractivity contribution >= 4 is 27.2 Å². The number of rotatable bonds is 4. The second kappa shape index (κ2) is 5.00. The van der Waals surface area contributed by atoms with Crippen LogP contribution in [0.15, 0.2) is 29.2 Å². The van der Waals surface area contributed by atoms with Gasteiger partial charge in [0, 0.05) is 17.7 Å². The van der Waals surface area contributed by atoms with Gasteiger partial charge in [-0.25, -0.2) is 4.21 Å². The van der Waals surface area contributed by atoms with Crippen LogP contribution in [0.4, 0.5) is 5.69 Å². The van der Waals surface area contributed by atoms with Crippen molar-refractivity contribution in [3.05, 3.63) is 24.3 Å². The zero-order valence-corrected chi connectivity index (χ0v) is 9.75. The molecule has 1 atom stereocenters. The molecule has 0 fully saturated rings. The average Bonchev–Trinajstić information content (AvgIpc) is 2.17. The third-order valence-electron chi connectivity index (χ3n) is 1.81. The fourth-order valence-electron chi connectivity index (χ4n) is 1.09. The Bertz CT molecular complexity index is 465. The third kappa shape index (κ3) is 3.25. The first-order valence-electron chi connectivity index (χ1n) is 4.48. The van der Waals surface area contributed by atoms with E-state index in [1.165, 1.54) is 7.11 Å². The summed E-state index contributed by atoms with van der Waals surface area (Å²) in [4.78, 5) is 11.6. The molecule has 1 aromatic carbocycles. The minimum Gasteiger partial charge on any atom is -0.399 e. The van der Waals surface area contributed by atoms with E-state index >= 15 is 0 Å². The summed E-state index contributed by atoms with van der Waals surface area (Å²) in [6, 6.07) is 6.33. The van der Waals surface area contributed by atoms with Gasteiger partial charge in [-0.15, -0.1) is 0 Å². The molecule has 1 rings (SSSR count). The van der Waals surface area contributed by atoms with Gasteiger partial charge in [0.2, 0.25) is 0 Å². The molecule has 0 heterocycles. The standard InChI is InChI=1S/C10H14N2O3S/c1-15-7-10(13)12-16(2,14)9-5-3-8(11)4-6-9/h3-6H,2,7,11H2,1H3,(H,12,13,14). The van der Waals surface area contributed by atoms with Crippen molar-refractivity contribution in [3.8, 4) is 0 Å². The summed E-state index contributed by atoms with van der Waals surface area (Å²) in [6.45, 7) is -0.151. The first-order chi connectivity index (χ1) is 7.45. The fraction of sp³-hybridized carbons (Fsp3) is 0.200. The van der Waals surface area contributed by atoms with E-state index in [9.17, 15) is 9.00 Å². The summed E-state index contributed by atoms with van der Waals surface area (Å²) in [5.41, 5.74) is 6.06. The molecule has 0 saturated carbocycles. The zero-order valence-electron chi connectivity index (χ0n) is 8.93. The van der Waals surface area contributed by atoms with Crippen molar-refractivity contribution in [1.29, 1.82) is 0 Å². The number of nitrogen functional groups attached to an aromatic ring is 1. The molecule has 5 nitrogen and oxygen atoms in total. The van der Waals surface area contributed by atoms with E-state index in [2.05, 4.69) is 15.3 Å². The lowest BCUT2D eigenvalue weighted by Gasteiger charge is -2.11. The second-order valence-electron chi connectivity index (χ2n) is 3.20. The van der Waals surface area contributed by atoms with Crippen LogP contribution in [-0.2, 0) is 19.2 Å². The van der Waals surface area contributed by atoms with E-state index in [-0.39, 0.29) is 6.61 Å². The van der Waals surface area contributed by atoms with Crippen molar-refractivity contribution in [2.45, 2.75) is 4.90 Å². The van der Waals surface area contributed by atoms with E-state index in [1.54, 1.807) is 24.3 Å². The van der Waals surface area contributed by atoms with Crippen LogP contribution in [0.25, 0.3) is 0 Å². The highest BCUT2D eigenvalue weighted by molar-refractivity contribution is 7.99. The third-order valence-corrected chi connectivity index (χ3v) is 3.41. The molecule has 1 aromatic rings. The number of amides is 1. The van der Waals surface area contributed by atoms with Gasteiger partial charge in [-0.2, -0.15) is 0 Å². The van der Waals surface area contributed by atoms with Gasteiger partial charge < -0.3 is 10.5 Å². The molecular formula is C10H14N2O3S. The van der Waals surface area contributed by atoms with Crippen LogP contribution in [-0.4, -0.2) is 29.7 Å². The van der Waals surface area contributed by atoms with Gasteiger partial charge >= 0.3 is 0 Å². The molecule has 0 aromatic heterocycles. The SMILES string of the molecule is C=S(=O)(NC(=O)COC)c1ccc(N)cc1. The Morgan fingerprint density at radius 2 is 2.06 bits per heavy atom. The van der Waals surface area contributed by atoms with E-state index in [0.29, 0.717) is 10.6 Å². The maximum atomic E-state index is 12.0. The molecule has 0 radical (unpaired) electrons. The summed E-state index contributed by atoms with van der Waals surface area (Å²) < 4.78 is 19.0. The molecule has 0 aliphatic carbocycles. The lowest BCUT2D eigenvalue weighted by Crippen LogP contribution is -2.33. The summed E-state index contributed by atoms with van der Waals surface area (Å²) in [5, 5.41) is 0. The number of nitrogens with two attached hydrogens (primary N) is 1. The molecule has 0 spiro atoms. The molecule has 0 bridgehead atoms. The quantitative estimate of drug-likeness (QED) is 0.576. The Morgan fingerprint density at radius 1 is 1.50 bits per heavy atom. The van der Waals surface area contributed by atoms with Gasteiger partial charge in [-0.05, 0) is 30.1 Å². The molecule has 1 unspecified atom stereocenters. The number of anilines is 1. The van der Waals surface area contributed by atoms with Crippen LogP contribution in [0.2, 0.25) is 0 Å². The number of ether oxygens (including phenoxy) is 1. The maximum Gasteiger partial charge on any atom is 0.257 e. The minimum atomic E-state index is -2.83. The second-order valence-corrected chi connectivity index (χ2v) is 5.23. The topological polar surface area (TPSA) is 81.4 Å². The molecule has 6 heteroatoms. The van der Waals surface area contributed by atoms with Gasteiger partial charge in [0.1, 0.15) is 6.61 Å². The van der Waals surface area contributed by atoms with Crippen molar-refractivity contribution in [1.82, 2.24) is 4.72 Å². The molecule has 0 aliphatic heterocycles. The van der Waals surface area contributed by atoms with E-state index in [1.807, 2.05) is 0 Å². The van der Waals surface area contributed by atoms with Gasteiger partial charge in [0.25, 0.3) is 5.91 Å². The first-order valence-corrected chi connectivity index (χ1v) is 6.21. The Balaban J connectivity index is 2.86. The molecule has 0 saturated heterocycles. The zero-order chi connectivity index (χ0) is 12.2. The summed E-state index contributed by atoms with van der Waals surface area (Å²) in [5.74, 6) is 3.02.